The Balaban J connectivity index is 1.32. The van der Waals surface area contributed by atoms with Gasteiger partial charge in [-0.3, -0.25) is 0 Å². The van der Waals surface area contributed by atoms with Crippen molar-refractivity contribution >= 4 is 0 Å². The van der Waals surface area contributed by atoms with Crippen molar-refractivity contribution in [3.8, 4) is 33.4 Å². The van der Waals surface area contributed by atoms with Gasteiger partial charge < -0.3 is 37.4 Å². The van der Waals surface area contributed by atoms with Crippen LogP contribution in [0.25, 0.3) is 33.4 Å². The van der Waals surface area contributed by atoms with Crippen LogP contribution in [0.2, 0.25) is 0 Å². The largest absolute Gasteiger partial charge is 0.382 e. The maximum Gasteiger partial charge on any atom is 0.0780 e. The highest BCUT2D eigenvalue weighted by atomic mass is 16.5. The molecular weight excluding hydrogens is 821 g/mol. The second-order valence-electron chi connectivity index (χ2n) is 21.1. The first-order valence-electron chi connectivity index (χ1n) is 25.3. The molecule has 2 aliphatic rings. The van der Waals surface area contributed by atoms with Crippen LogP contribution in [-0.4, -0.2) is 145 Å². The average Bonchev–Trinajstić information content (AvgIpc) is 3.73. The van der Waals surface area contributed by atoms with Crippen molar-refractivity contribution in [2.24, 2.45) is 0 Å². The Hall–Kier alpha value is -3.44. The topological polar surface area (TPSA) is 55.4 Å². The fraction of sp³-hybridized carbons (Fsp3) is 0.586. The SMILES string of the molecule is COCCOCCOCCC1(CCOCCOCCOC)c2ccccc2-c2ccc(-c3ccc4c(c3)C(CCCCCC[N+](C)(C)C)(CCCCCC[N+](C)(C)C)c3ccccc3-4)cc21. The highest BCUT2D eigenvalue weighted by Crippen LogP contribution is 2.56. The predicted molar refractivity (Wildman–Crippen MR) is 273 cm³/mol. The van der Waals surface area contributed by atoms with Gasteiger partial charge in [0.2, 0.25) is 0 Å². The van der Waals surface area contributed by atoms with Gasteiger partial charge in [0.15, 0.2) is 0 Å². The van der Waals surface area contributed by atoms with E-state index >= 15 is 0 Å². The van der Waals surface area contributed by atoms with Crippen molar-refractivity contribution in [3.63, 3.8) is 0 Å². The van der Waals surface area contributed by atoms with Crippen LogP contribution < -0.4 is 0 Å². The molecule has 0 aromatic heterocycles. The number of fused-ring (bicyclic) bond motifs is 6. The van der Waals surface area contributed by atoms with Gasteiger partial charge in [0.1, 0.15) is 0 Å². The van der Waals surface area contributed by atoms with E-state index < -0.39 is 0 Å². The first-order chi connectivity index (χ1) is 31.9. The highest BCUT2D eigenvalue weighted by molar-refractivity contribution is 5.87. The van der Waals surface area contributed by atoms with E-state index in [0.29, 0.717) is 66.1 Å². The zero-order chi connectivity index (χ0) is 46.9. The van der Waals surface area contributed by atoms with Crippen molar-refractivity contribution in [1.82, 2.24) is 0 Å². The Bertz CT molecular complexity index is 2020. The van der Waals surface area contributed by atoms with E-state index in [1.165, 1.54) is 127 Å². The Labute approximate surface area is 400 Å². The van der Waals surface area contributed by atoms with Crippen molar-refractivity contribution in [2.75, 3.05) is 136 Å². The summed E-state index contributed by atoms with van der Waals surface area (Å²) in [6, 6.07) is 33.1. The van der Waals surface area contributed by atoms with Crippen LogP contribution in [0.3, 0.4) is 0 Å². The molecule has 0 N–H and O–H groups in total. The van der Waals surface area contributed by atoms with E-state index in [4.69, 9.17) is 28.4 Å². The van der Waals surface area contributed by atoms with Crippen molar-refractivity contribution < 1.29 is 37.4 Å². The Kier molecular flexibility index (Phi) is 19.9. The van der Waals surface area contributed by atoms with Gasteiger partial charge >= 0.3 is 0 Å². The third-order valence-corrected chi connectivity index (χ3v) is 14.2. The third-order valence-electron chi connectivity index (χ3n) is 14.2. The van der Waals surface area contributed by atoms with E-state index in [2.05, 4.69) is 127 Å². The molecule has 0 unspecified atom stereocenters. The molecule has 66 heavy (non-hydrogen) atoms. The molecule has 0 fully saturated rings. The summed E-state index contributed by atoms with van der Waals surface area (Å²) in [5.41, 5.74) is 13.6. The molecule has 0 aliphatic heterocycles. The van der Waals surface area contributed by atoms with Gasteiger partial charge in [-0.2, -0.15) is 0 Å². The van der Waals surface area contributed by atoms with Crippen LogP contribution in [0.1, 0.15) is 99.3 Å². The van der Waals surface area contributed by atoms with Crippen molar-refractivity contribution in [1.29, 1.82) is 0 Å². The average molecular weight is 907 g/mol. The minimum atomic E-state index is -0.274. The summed E-state index contributed by atoms with van der Waals surface area (Å²) in [7, 11) is 17.3. The zero-order valence-electron chi connectivity index (χ0n) is 42.4. The summed E-state index contributed by atoms with van der Waals surface area (Å²) >= 11 is 0. The van der Waals surface area contributed by atoms with Gasteiger partial charge in [-0.15, -0.1) is 0 Å². The van der Waals surface area contributed by atoms with Crippen LogP contribution in [0, 0.1) is 0 Å². The summed E-state index contributed by atoms with van der Waals surface area (Å²) in [5, 5.41) is 0. The molecule has 0 saturated heterocycles. The molecule has 0 atom stereocenters. The lowest BCUT2D eigenvalue weighted by Crippen LogP contribution is -2.35. The van der Waals surface area contributed by atoms with Gasteiger partial charge in [0.25, 0.3) is 0 Å². The number of nitrogens with zero attached hydrogens (tertiary/aromatic N) is 2. The van der Waals surface area contributed by atoms with Crippen LogP contribution in [0.15, 0.2) is 84.9 Å². The maximum atomic E-state index is 6.33. The van der Waals surface area contributed by atoms with E-state index in [0.717, 1.165) is 21.8 Å². The first-order valence-corrected chi connectivity index (χ1v) is 25.3. The molecule has 4 aromatic rings. The zero-order valence-corrected chi connectivity index (χ0v) is 42.4. The monoisotopic (exact) mass is 907 g/mol. The standard InChI is InChI=1S/C58H86N2O6/c1-59(2,3)33-19-11-9-17-29-57(30-18-10-12-20-34-60(4,5)6)53-23-15-13-21-49(53)51-27-25-47(45-55(51)57)48-26-28-52-50-22-14-16-24-54(50)58(56(52)46-48,31-35-63-41-43-65-39-37-61-7)32-36-64-42-44-66-40-38-62-8/h13-16,21-28,45-46H,9-12,17-20,29-44H2,1-8H3/q+2. The van der Waals surface area contributed by atoms with E-state index in [1.54, 1.807) is 19.8 Å². The molecule has 6 rings (SSSR count). The molecule has 0 spiro atoms. The summed E-state index contributed by atoms with van der Waals surface area (Å²) in [6.45, 7) is 8.23. The molecule has 8 heteroatoms. The molecule has 0 amide bonds. The lowest BCUT2D eigenvalue weighted by molar-refractivity contribution is -0.870. The molecular formula is C58H86N2O6+2. The van der Waals surface area contributed by atoms with Crippen molar-refractivity contribution in [3.05, 3.63) is 107 Å². The first kappa shape index (κ1) is 51.9. The van der Waals surface area contributed by atoms with Gasteiger partial charge in [0.05, 0.1) is 108 Å². The van der Waals surface area contributed by atoms with Crippen LogP contribution in [-0.2, 0) is 39.3 Å². The second kappa shape index (κ2) is 25.2. The number of rotatable bonds is 33. The van der Waals surface area contributed by atoms with E-state index in [9.17, 15) is 0 Å². The molecule has 0 bridgehead atoms. The van der Waals surface area contributed by atoms with Crippen LogP contribution in [0.5, 0.6) is 0 Å². The fourth-order valence-corrected chi connectivity index (χ4v) is 10.8. The summed E-state index contributed by atoms with van der Waals surface area (Å²) in [5.74, 6) is 0. The summed E-state index contributed by atoms with van der Waals surface area (Å²) in [6.07, 6.45) is 14.3. The van der Waals surface area contributed by atoms with E-state index in [1.807, 2.05) is 0 Å². The maximum absolute atomic E-state index is 6.33. The van der Waals surface area contributed by atoms with E-state index in [-0.39, 0.29) is 10.8 Å². The number of quaternary nitrogens is 2. The second-order valence-corrected chi connectivity index (χ2v) is 21.1. The lowest BCUT2D eigenvalue weighted by atomic mass is 9.70. The number of methoxy groups -OCH3 is 2. The quantitative estimate of drug-likeness (QED) is 0.0351. The molecule has 0 heterocycles. The number of unbranched alkanes of at least 4 members (excludes halogenated alkanes) is 6. The summed E-state index contributed by atoms with van der Waals surface area (Å²) < 4.78 is 36.6. The molecule has 8 nitrogen and oxygen atoms in total. The number of benzene rings is 4. The Morgan fingerprint density at radius 3 is 1.11 bits per heavy atom. The van der Waals surface area contributed by atoms with Crippen LogP contribution >= 0.6 is 0 Å². The number of hydrogen-bond acceptors (Lipinski definition) is 6. The van der Waals surface area contributed by atoms with Crippen molar-refractivity contribution in [2.45, 2.75) is 87.9 Å². The minimum Gasteiger partial charge on any atom is -0.382 e. The summed E-state index contributed by atoms with van der Waals surface area (Å²) in [4.78, 5) is 0. The lowest BCUT2D eigenvalue weighted by Gasteiger charge is -2.34. The minimum absolute atomic E-state index is 0.00801. The normalized spacial score (nSPS) is 14.6. The predicted octanol–water partition coefficient (Wildman–Crippen LogP) is 11.3. The van der Waals surface area contributed by atoms with Gasteiger partial charge in [-0.05, 0) is 119 Å². The third kappa shape index (κ3) is 13.8. The molecule has 0 radical (unpaired) electrons. The van der Waals surface area contributed by atoms with Crippen LogP contribution in [0.4, 0.5) is 0 Å². The number of ether oxygens (including phenoxy) is 6. The Morgan fingerprint density at radius 2 is 0.697 bits per heavy atom. The molecule has 2 aliphatic carbocycles. The smallest absolute Gasteiger partial charge is 0.0780 e. The highest BCUT2D eigenvalue weighted by Gasteiger charge is 2.44. The van der Waals surface area contributed by atoms with Gasteiger partial charge in [-0.1, -0.05) is 98.5 Å². The van der Waals surface area contributed by atoms with Gasteiger partial charge in [0, 0.05) is 38.3 Å². The van der Waals surface area contributed by atoms with Gasteiger partial charge in [-0.25, -0.2) is 0 Å². The molecule has 0 saturated carbocycles. The number of hydrogen-bond donors (Lipinski definition) is 0. The molecule has 362 valence electrons. The Morgan fingerprint density at radius 1 is 0.348 bits per heavy atom. The molecule has 4 aromatic carbocycles. The fourth-order valence-electron chi connectivity index (χ4n) is 10.8.